The third kappa shape index (κ3) is 4.85. The molecule has 33 heavy (non-hydrogen) atoms. The number of hydrogen-bond acceptors (Lipinski definition) is 6. The largest absolute Gasteiger partial charge is 0.465 e. The fraction of sp³-hybridized carbons (Fsp3) is 0.500. The van der Waals surface area contributed by atoms with Crippen molar-refractivity contribution in [1.29, 1.82) is 0 Å². The second-order valence-corrected chi connectivity index (χ2v) is 11.9. The molecule has 1 amide bonds. The molecule has 0 unspecified atom stereocenters. The van der Waals surface area contributed by atoms with E-state index in [1.165, 1.54) is 11.4 Å². The number of hydrogen-bond donors (Lipinski definition) is 0. The summed E-state index contributed by atoms with van der Waals surface area (Å²) < 4.78 is 33.8. The number of thiophene rings is 1. The quantitative estimate of drug-likeness (QED) is 0.605. The lowest BCUT2D eigenvalue weighted by molar-refractivity contribution is 0.0595. The maximum Gasteiger partial charge on any atom is 0.340 e. The maximum absolute atomic E-state index is 13.6. The number of methoxy groups -OCH3 is 1. The lowest BCUT2D eigenvalue weighted by atomic mass is 10.0. The van der Waals surface area contributed by atoms with Crippen molar-refractivity contribution in [2.24, 2.45) is 0 Å². The van der Waals surface area contributed by atoms with Gasteiger partial charge in [0.1, 0.15) is 4.21 Å². The SMILES string of the molecule is COC(=O)c1c(S(=O)(=O)N2CCCCCCC2)sc2c1CCN(C(=O)c1cccc(C)c1)C2. The summed E-state index contributed by atoms with van der Waals surface area (Å²) in [6, 6.07) is 7.43. The van der Waals surface area contributed by atoms with Crippen LogP contribution in [0.15, 0.2) is 28.5 Å². The highest BCUT2D eigenvalue weighted by molar-refractivity contribution is 7.91. The van der Waals surface area contributed by atoms with Crippen LogP contribution in [0.4, 0.5) is 0 Å². The van der Waals surface area contributed by atoms with Crippen molar-refractivity contribution in [3.8, 4) is 0 Å². The van der Waals surface area contributed by atoms with Gasteiger partial charge in [-0.3, -0.25) is 4.79 Å². The Kier molecular flexibility index (Phi) is 7.21. The van der Waals surface area contributed by atoms with E-state index >= 15 is 0 Å². The van der Waals surface area contributed by atoms with Crippen LogP contribution >= 0.6 is 11.3 Å². The lowest BCUT2D eigenvalue weighted by Crippen LogP contribution is -2.36. The summed E-state index contributed by atoms with van der Waals surface area (Å²) in [5, 5.41) is 0. The van der Waals surface area contributed by atoms with Crippen molar-refractivity contribution in [1.82, 2.24) is 9.21 Å². The number of fused-ring (bicyclic) bond motifs is 1. The molecule has 0 aliphatic carbocycles. The molecule has 7 nitrogen and oxygen atoms in total. The molecule has 1 aromatic heterocycles. The van der Waals surface area contributed by atoms with E-state index in [4.69, 9.17) is 4.74 Å². The van der Waals surface area contributed by atoms with Crippen LogP contribution in [0.3, 0.4) is 0 Å². The van der Waals surface area contributed by atoms with E-state index < -0.39 is 16.0 Å². The van der Waals surface area contributed by atoms with Crippen LogP contribution in [-0.2, 0) is 27.7 Å². The zero-order chi connectivity index (χ0) is 23.6. The number of aryl methyl sites for hydroxylation is 1. The summed E-state index contributed by atoms with van der Waals surface area (Å²) in [5.74, 6) is -0.720. The van der Waals surface area contributed by atoms with Crippen LogP contribution in [0.1, 0.15) is 68.8 Å². The summed E-state index contributed by atoms with van der Waals surface area (Å²) in [4.78, 5) is 28.3. The first kappa shape index (κ1) is 23.9. The molecule has 0 bridgehead atoms. The molecule has 2 aliphatic rings. The van der Waals surface area contributed by atoms with Gasteiger partial charge in [-0.15, -0.1) is 11.3 Å². The Bertz CT molecular complexity index is 1150. The Morgan fingerprint density at radius 3 is 2.39 bits per heavy atom. The summed E-state index contributed by atoms with van der Waals surface area (Å²) >= 11 is 1.11. The molecular formula is C24H30N2O5S2. The number of carbonyl (C=O) groups excluding carboxylic acids is 2. The van der Waals surface area contributed by atoms with Crippen LogP contribution in [0, 0.1) is 6.92 Å². The molecule has 1 saturated heterocycles. The molecule has 1 aromatic carbocycles. The molecule has 0 saturated carbocycles. The highest BCUT2D eigenvalue weighted by atomic mass is 32.2. The summed E-state index contributed by atoms with van der Waals surface area (Å²) in [6.07, 6.45) is 5.19. The van der Waals surface area contributed by atoms with Gasteiger partial charge >= 0.3 is 5.97 Å². The predicted molar refractivity (Wildman–Crippen MR) is 127 cm³/mol. The second-order valence-electron chi connectivity index (χ2n) is 8.68. The Morgan fingerprint density at radius 1 is 1.03 bits per heavy atom. The number of benzene rings is 1. The average Bonchev–Trinajstić information content (AvgIpc) is 3.17. The van der Waals surface area contributed by atoms with Crippen LogP contribution in [0.2, 0.25) is 0 Å². The van der Waals surface area contributed by atoms with Crippen molar-refractivity contribution >= 4 is 33.2 Å². The van der Waals surface area contributed by atoms with E-state index in [9.17, 15) is 18.0 Å². The van der Waals surface area contributed by atoms with Gasteiger partial charge in [-0.25, -0.2) is 13.2 Å². The number of carbonyl (C=O) groups is 2. The van der Waals surface area contributed by atoms with Crippen LogP contribution < -0.4 is 0 Å². The Hall–Kier alpha value is -2.23. The van der Waals surface area contributed by atoms with Gasteiger partial charge in [0.25, 0.3) is 15.9 Å². The van der Waals surface area contributed by atoms with E-state index in [0.29, 0.717) is 37.2 Å². The zero-order valence-electron chi connectivity index (χ0n) is 19.1. The fourth-order valence-electron chi connectivity index (χ4n) is 4.58. The highest BCUT2D eigenvalue weighted by Crippen LogP contribution is 2.38. The van der Waals surface area contributed by atoms with E-state index in [2.05, 4.69) is 0 Å². The van der Waals surface area contributed by atoms with Gasteiger partial charge in [-0.2, -0.15) is 4.31 Å². The van der Waals surface area contributed by atoms with Gasteiger partial charge in [-0.05, 0) is 43.9 Å². The van der Waals surface area contributed by atoms with Crippen molar-refractivity contribution in [2.45, 2.75) is 56.2 Å². The summed E-state index contributed by atoms with van der Waals surface area (Å²) in [5.41, 5.74) is 2.47. The van der Waals surface area contributed by atoms with Gasteiger partial charge in [0, 0.05) is 30.1 Å². The molecule has 2 aliphatic heterocycles. The molecule has 0 atom stereocenters. The third-order valence-corrected chi connectivity index (χ3v) is 9.97. The van der Waals surface area contributed by atoms with Gasteiger partial charge < -0.3 is 9.64 Å². The number of ether oxygens (including phenoxy) is 1. The molecule has 0 spiro atoms. The lowest BCUT2D eigenvalue weighted by Gasteiger charge is -2.27. The van der Waals surface area contributed by atoms with Crippen molar-refractivity contribution in [3.05, 3.63) is 51.4 Å². The fourth-order valence-corrected chi connectivity index (χ4v) is 8.14. The topological polar surface area (TPSA) is 84.0 Å². The molecule has 9 heteroatoms. The molecule has 4 rings (SSSR count). The van der Waals surface area contributed by atoms with Crippen molar-refractivity contribution in [2.75, 3.05) is 26.7 Å². The average molecular weight is 491 g/mol. The van der Waals surface area contributed by atoms with E-state index in [1.54, 1.807) is 11.0 Å². The normalized spacial score (nSPS) is 17.7. The van der Waals surface area contributed by atoms with Crippen molar-refractivity contribution < 1.29 is 22.7 Å². The first-order valence-corrected chi connectivity index (χ1v) is 13.7. The van der Waals surface area contributed by atoms with Crippen LogP contribution in [0.25, 0.3) is 0 Å². The Morgan fingerprint density at radius 2 is 1.73 bits per heavy atom. The standard InChI is InChI=1S/C24H30N2O5S2/c1-17-9-8-10-18(15-17)22(27)25-14-11-19-20(16-25)32-24(21(19)23(28)31-2)33(29,30)26-12-6-4-3-5-7-13-26/h8-10,15H,3-7,11-14,16H2,1-2H3. The number of rotatable bonds is 4. The molecule has 3 heterocycles. The van der Waals surface area contributed by atoms with Crippen molar-refractivity contribution in [3.63, 3.8) is 0 Å². The zero-order valence-corrected chi connectivity index (χ0v) is 20.8. The molecule has 0 radical (unpaired) electrons. The molecule has 2 aromatic rings. The van der Waals surface area contributed by atoms with E-state index in [-0.39, 0.29) is 22.2 Å². The number of sulfonamides is 1. The summed E-state index contributed by atoms with van der Waals surface area (Å²) in [7, 11) is -2.56. The maximum atomic E-state index is 13.6. The highest BCUT2D eigenvalue weighted by Gasteiger charge is 2.37. The number of amides is 1. The Balaban J connectivity index is 1.68. The number of esters is 1. The monoisotopic (exact) mass is 490 g/mol. The van der Waals surface area contributed by atoms with Gasteiger partial charge in [-0.1, -0.05) is 37.0 Å². The minimum atomic E-state index is -3.83. The third-order valence-electron chi connectivity index (χ3n) is 6.36. The van der Waals surface area contributed by atoms with Gasteiger partial charge in [0.15, 0.2) is 0 Å². The van der Waals surface area contributed by atoms with E-state index in [0.717, 1.165) is 53.9 Å². The van der Waals surface area contributed by atoms with Crippen LogP contribution in [-0.4, -0.2) is 56.2 Å². The molecule has 178 valence electrons. The summed E-state index contributed by atoms with van der Waals surface area (Å²) in [6.45, 7) is 3.57. The predicted octanol–water partition coefficient (Wildman–Crippen LogP) is 4.00. The smallest absolute Gasteiger partial charge is 0.340 e. The van der Waals surface area contributed by atoms with E-state index in [1.807, 2.05) is 25.1 Å². The van der Waals surface area contributed by atoms with Gasteiger partial charge in [0.2, 0.25) is 0 Å². The number of nitrogens with zero attached hydrogens (tertiary/aromatic N) is 2. The molecule has 1 fully saturated rings. The molecular weight excluding hydrogens is 460 g/mol. The second kappa shape index (κ2) is 9.95. The first-order chi connectivity index (χ1) is 15.8. The van der Waals surface area contributed by atoms with Gasteiger partial charge in [0.05, 0.1) is 19.2 Å². The minimum Gasteiger partial charge on any atom is -0.465 e. The van der Waals surface area contributed by atoms with Crippen LogP contribution in [0.5, 0.6) is 0 Å². The molecule has 0 N–H and O–H groups in total. The minimum absolute atomic E-state index is 0.0600. The first-order valence-electron chi connectivity index (χ1n) is 11.4. The Labute approximate surface area is 199 Å².